The second-order valence-electron chi connectivity index (χ2n) is 8.87. The standard InChI is InChI=1S/C26H33N7O3S/c1-3-4-12-29-37(35,36)23-7-5-6-22(17-23)30-24-19(2)18-28-26(32-24)31-21-10-8-20(9-11-21)25(34)33-15-13-27-14-16-33/h5-11,17-18,27,29H,3-4,12-16H2,1-2H3,(H2,28,30,31,32). The number of aromatic nitrogens is 2. The predicted octanol–water partition coefficient (Wildman–Crippen LogP) is 3.40. The van der Waals surface area contributed by atoms with Gasteiger partial charge in [0.15, 0.2) is 0 Å². The highest BCUT2D eigenvalue weighted by atomic mass is 32.2. The molecule has 2 heterocycles. The second kappa shape index (κ2) is 12.1. The first-order valence-corrected chi connectivity index (χ1v) is 13.9. The Labute approximate surface area is 218 Å². The molecule has 1 aliphatic heterocycles. The van der Waals surface area contributed by atoms with Crippen molar-refractivity contribution in [2.75, 3.05) is 43.4 Å². The van der Waals surface area contributed by atoms with Crippen molar-refractivity contribution in [3.05, 3.63) is 65.9 Å². The van der Waals surface area contributed by atoms with Crippen LogP contribution in [0, 0.1) is 6.92 Å². The number of rotatable bonds is 10. The Kier molecular flexibility index (Phi) is 8.70. The molecule has 1 saturated heterocycles. The molecule has 1 aromatic heterocycles. The Hall–Kier alpha value is -3.54. The van der Waals surface area contributed by atoms with Crippen molar-refractivity contribution in [3.8, 4) is 0 Å². The molecule has 0 bridgehead atoms. The lowest BCUT2D eigenvalue weighted by Gasteiger charge is -2.27. The van der Waals surface area contributed by atoms with Gasteiger partial charge in [-0.2, -0.15) is 4.98 Å². The average Bonchev–Trinajstić information content (AvgIpc) is 2.91. The maximum Gasteiger partial charge on any atom is 0.253 e. The molecule has 4 N–H and O–H groups in total. The smallest absolute Gasteiger partial charge is 0.253 e. The molecule has 1 fully saturated rings. The van der Waals surface area contributed by atoms with Crippen molar-refractivity contribution in [2.24, 2.45) is 0 Å². The van der Waals surface area contributed by atoms with Gasteiger partial charge in [-0.1, -0.05) is 19.4 Å². The molecule has 0 radical (unpaired) electrons. The van der Waals surface area contributed by atoms with Gasteiger partial charge in [0.05, 0.1) is 4.90 Å². The monoisotopic (exact) mass is 523 g/mol. The van der Waals surface area contributed by atoms with Gasteiger partial charge in [-0.3, -0.25) is 4.79 Å². The van der Waals surface area contributed by atoms with E-state index in [0.717, 1.165) is 37.2 Å². The van der Waals surface area contributed by atoms with E-state index in [4.69, 9.17) is 0 Å². The SMILES string of the molecule is CCCCNS(=O)(=O)c1cccc(Nc2nc(Nc3ccc(C(=O)N4CCNCC4)cc3)ncc2C)c1. The number of aryl methyl sites for hydroxylation is 1. The maximum absolute atomic E-state index is 12.7. The maximum atomic E-state index is 12.7. The lowest BCUT2D eigenvalue weighted by Crippen LogP contribution is -2.46. The summed E-state index contributed by atoms with van der Waals surface area (Å²) in [5, 5.41) is 9.61. The van der Waals surface area contributed by atoms with Crippen LogP contribution in [0.3, 0.4) is 0 Å². The molecule has 37 heavy (non-hydrogen) atoms. The first-order chi connectivity index (χ1) is 17.9. The van der Waals surface area contributed by atoms with E-state index in [0.29, 0.717) is 42.7 Å². The lowest BCUT2D eigenvalue weighted by molar-refractivity contribution is 0.0736. The molecule has 196 valence electrons. The van der Waals surface area contributed by atoms with Crippen LogP contribution in [0.15, 0.2) is 59.6 Å². The summed E-state index contributed by atoms with van der Waals surface area (Å²) in [6.45, 7) is 7.31. The van der Waals surface area contributed by atoms with Crippen molar-refractivity contribution < 1.29 is 13.2 Å². The van der Waals surface area contributed by atoms with E-state index in [9.17, 15) is 13.2 Å². The number of nitrogens with zero attached hydrogens (tertiary/aromatic N) is 3. The number of carbonyl (C=O) groups excluding carboxylic acids is 1. The first kappa shape index (κ1) is 26.5. The van der Waals surface area contributed by atoms with Crippen LogP contribution in [-0.4, -0.2) is 61.9 Å². The summed E-state index contributed by atoms with van der Waals surface area (Å²) in [6, 6.07) is 13.9. The topological polar surface area (TPSA) is 128 Å². The van der Waals surface area contributed by atoms with Gasteiger partial charge in [-0.15, -0.1) is 0 Å². The van der Waals surface area contributed by atoms with Crippen LogP contribution in [0.5, 0.6) is 0 Å². The van der Waals surface area contributed by atoms with Gasteiger partial charge < -0.3 is 20.9 Å². The molecule has 0 unspecified atom stereocenters. The van der Waals surface area contributed by atoms with Crippen LogP contribution in [0.25, 0.3) is 0 Å². The zero-order chi connectivity index (χ0) is 26.3. The third-order valence-electron chi connectivity index (χ3n) is 5.99. The van der Waals surface area contributed by atoms with E-state index in [1.807, 2.05) is 30.9 Å². The quantitative estimate of drug-likeness (QED) is 0.298. The van der Waals surface area contributed by atoms with Crippen LogP contribution in [0.2, 0.25) is 0 Å². The predicted molar refractivity (Wildman–Crippen MR) is 145 cm³/mol. The van der Waals surface area contributed by atoms with E-state index >= 15 is 0 Å². The number of anilines is 4. The van der Waals surface area contributed by atoms with E-state index in [1.165, 1.54) is 0 Å². The Morgan fingerprint density at radius 1 is 1.05 bits per heavy atom. The summed E-state index contributed by atoms with van der Waals surface area (Å²) in [7, 11) is -3.59. The van der Waals surface area contributed by atoms with Crippen molar-refractivity contribution >= 4 is 39.1 Å². The number of sulfonamides is 1. The van der Waals surface area contributed by atoms with Gasteiger partial charge >= 0.3 is 0 Å². The molecule has 0 spiro atoms. The normalized spacial score (nSPS) is 13.8. The van der Waals surface area contributed by atoms with E-state index in [1.54, 1.807) is 42.6 Å². The minimum atomic E-state index is -3.59. The van der Waals surface area contributed by atoms with Gasteiger partial charge in [0.1, 0.15) is 5.82 Å². The number of nitrogens with one attached hydrogen (secondary N) is 4. The Morgan fingerprint density at radius 2 is 1.81 bits per heavy atom. The fraction of sp³-hybridized carbons (Fsp3) is 0.346. The summed E-state index contributed by atoms with van der Waals surface area (Å²) < 4.78 is 27.8. The second-order valence-corrected chi connectivity index (χ2v) is 10.6. The fourth-order valence-electron chi connectivity index (χ4n) is 3.85. The van der Waals surface area contributed by atoms with Crippen molar-refractivity contribution in [2.45, 2.75) is 31.6 Å². The number of amides is 1. The largest absolute Gasteiger partial charge is 0.340 e. The lowest BCUT2D eigenvalue weighted by atomic mass is 10.1. The van der Waals surface area contributed by atoms with Crippen LogP contribution in [-0.2, 0) is 10.0 Å². The highest BCUT2D eigenvalue weighted by molar-refractivity contribution is 7.89. The van der Waals surface area contributed by atoms with Crippen LogP contribution >= 0.6 is 0 Å². The highest BCUT2D eigenvalue weighted by Gasteiger charge is 2.18. The molecule has 3 aromatic rings. The van der Waals surface area contributed by atoms with E-state index in [2.05, 4.69) is 30.6 Å². The number of unbranched alkanes of at least 4 members (excludes halogenated alkanes) is 1. The molecule has 1 amide bonds. The van der Waals surface area contributed by atoms with Crippen LogP contribution in [0.4, 0.5) is 23.1 Å². The minimum Gasteiger partial charge on any atom is -0.340 e. The highest BCUT2D eigenvalue weighted by Crippen LogP contribution is 2.23. The van der Waals surface area contributed by atoms with Gasteiger partial charge in [0, 0.05) is 61.4 Å². The van der Waals surface area contributed by atoms with E-state index < -0.39 is 10.0 Å². The third-order valence-corrected chi connectivity index (χ3v) is 7.45. The number of carbonyl (C=O) groups is 1. The molecule has 10 nitrogen and oxygen atoms in total. The van der Waals surface area contributed by atoms with Crippen LogP contribution < -0.4 is 20.7 Å². The molecular weight excluding hydrogens is 490 g/mol. The molecule has 0 saturated carbocycles. The summed E-state index contributed by atoms with van der Waals surface area (Å²) in [4.78, 5) is 23.6. The Morgan fingerprint density at radius 3 is 2.54 bits per heavy atom. The van der Waals surface area contributed by atoms with Crippen molar-refractivity contribution in [3.63, 3.8) is 0 Å². The third kappa shape index (κ3) is 7.03. The van der Waals surface area contributed by atoms with Gasteiger partial charge in [-0.05, 0) is 55.8 Å². The summed E-state index contributed by atoms with van der Waals surface area (Å²) in [5.74, 6) is 0.951. The summed E-state index contributed by atoms with van der Waals surface area (Å²) in [5.41, 5.74) is 2.79. The van der Waals surface area contributed by atoms with Crippen molar-refractivity contribution in [1.82, 2.24) is 24.9 Å². The number of hydrogen-bond acceptors (Lipinski definition) is 8. The van der Waals surface area contributed by atoms with Crippen molar-refractivity contribution in [1.29, 1.82) is 0 Å². The van der Waals surface area contributed by atoms with Gasteiger partial charge in [-0.25, -0.2) is 18.1 Å². The summed E-state index contributed by atoms with van der Waals surface area (Å²) in [6.07, 6.45) is 3.38. The zero-order valence-corrected chi connectivity index (χ0v) is 21.9. The van der Waals surface area contributed by atoms with Gasteiger partial charge in [0.2, 0.25) is 16.0 Å². The molecule has 0 atom stereocenters. The van der Waals surface area contributed by atoms with E-state index in [-0.39, 0.29) is 10.8 Å². The first-order valence-electron chi connectivity index (χ1n) is 12.4. The van der Waals surface area contributed by atoms with Gasteiger partial charge in [0.25, 0.3) is 5.91 Å². The summed E-state index contributed by atoms with van der Waals surface area (Å²) >= 11 is 0. The number of benzene rings is 2. The number of hydrogen-bond donors (Lipinski definition) is 4. The average molecular weight is 524 g/mol. The molecular formula is C26H33N7O3S. The molecule has 11 heteroatoms. The fourth-order valence-corrected chi connectivity index (χ4v) is 4.97. The molecule has 2 aromatic carbocycles. The Balaban J connectivity index is 1.44. The Bertz CT molecular complexity index is 1320. The molecule has 0 aliphatic carbocycles. The molecule has 4 rings (SSSR count). The van der Waals surface area contributed by atoms with Crippen LogP contribution in [0.1, 0.15) is 35.7 Å². The molecule has 1 aliphatic rings. The zero-order valence-electron chi connectivity index (χ0n) is 21.1. The number of piperazine rings is 1. The minimum absolute atomic E-state index is 0.0240.